The van der Waals surface area contributed by atoms with Crippen molar-refractivity contribution in [3.63, 3.8) is 0 Å². The van der Waals surface area contributed by atoms with Gasteiger partial charge in [-0.3, -0.25) is 14.8 Å². The van der Waals surface area contributed by atoms with Crippen LogP contribution in [0.15, 0.2) is 89.8 Å². The molecule has 1 saturated heterocycles. The molecule has 0 amide bonds. The SMILES string of the molecule is Cc1cc(COc2ccc(S(=O)(=O)NC[C@H](C)N3CCN(Cc4ccccc4)CC3)cc2)c2ccccc2n1. The Kier molecular flexibility index (Phi) is 8.57. The van der Waals surface area contributed by atoms with E-state index >= 15 is 0 Å². The summed E-state index contributed by atoms with van der Waals surface area (Å²) in [6, 6.07) is 27.2. The summed E-state index contributed by atoms with van der Waals surface area (Å²) < 4.78 is 34.7. The number of sulfonamides is 1. The Balaban J connectivity index is 1.11. The number of hydrogen-bond donors (Lipinski definition) is 1. The third kappa shape index (κ3) is 7.02. The van der Waals surface area contributed by atoms with Crippen molar-refractivity contribution in [3.05, 3.63) is 102 Å². The van der Waals surface area contributed by atoms with Crippen LogP contribution in [-0.2, 0) is 23.2 Å². The molecule has 5 rings (SSSR count). The van der Waals surface area contributed by atoms with Crippen LogP contribution in [0.2, 0.25) is 0 Å². The number of aryl methyl sites for hydroxylation is 1. The van der Waals surface area contributed by atoms with E-state index < -0.39 is 10.0 Å². The number of piperazine rings is 1. The van der Waals surface area contributed by atoms with Crippen molar-refractivity contribution in [3.8, 4) is 5.75 Å². The van der Waals surface area contributed by atoms with E-state index in [9.17, 15) is 8.42 Å². The first kappa shape index (κ1) is 27.3. The van der Waals surface area contributed by atoms with Gasteiger partial charge in [-0.2, -0.15) is 0 Å². The summed E-state index contributed by atoms with van der Waals surface area (Å²) in [5, 5.41) is 1.05. The highest BCUT2D eigenvalue weighted by Crippen LogP contribution is 2.22. The summed E-state index contributed by atoms with van der Waals surface area (Å²) in [5.41, 5.74) is 4.24. The highest BCUT2D eigenvalue weighted by Gasteiger charge is 2.23. The lowest BCUT2D eigenvalue weighted by atomic mass is 10.1. The Labute approximate surface area is 231 Å². The quantitative estimate of drug-likeness (QED) is 0.314. The van der Waals surface area contributed by atoms with Crippen LogP contribution in [0.5, 0.6) is 5.75 Å². The van der Waals surface area contributed by atoms with E-state index in [-0.39, 0.29) is 10.9 Å². The number of nitrogens with one attached hydrogen (secondary N) is 1. The maximum absolute atomic E-state index is 13.0. The van der Waals surface area contributed by atoms with Crippen LogP contribution in [0.1, 0.15) is 23.7 Å². The van der Waals surface area contributed by atoms with Gasteiger partial charge >= 0.3 is 0 Å². The molecule has 39 heavy (non-hydrogen) atoms. The Morgan fingerprint density at radius 1 is 0.923 bits per heavy atom. The van der Waals surface area contributed by atoms with Gasteiger partial charge in [0.25, 0.3) is 0 Å². The molecule has 3 aromatic carbocycles. The Morgan fingerprint density at radius 2 is 1.62 bits per heavy atom. The second-order valence-corrected chi connectivity index (χ2v) is 12.0. The van der Waals surface area contributed by atoms with E-state index in [1.807, 2.05) is 43.3 Å². The smallest absolute Gasteiger partial charge is 0.240 e. The molecule has 1 atom stereocenters. The van der Waals surface area contributed by atoms with E-state index in [1.165, 1.54) is 5.56 Å². The number of nitrogens with zero attached hydrogens (tertiary/aromatic N) is 3. The van der Waals surface area contributed by atoms with Crippen molar-refractivity contribution in [1.82, 2.24) is 19.5 Å². The van der Waals surface area contributed by atoms with Crippen molar-refractivity contribution < 1.29 is 13.2 Å². The van der Waals surface area contributed by atoms with E-state index in [0.29, 0.717) is 18.9 Å². The molecule has 1 aromatic heterocycles. The maximum Gasteiger partial charge on any atom is 0.240 e. The van der Waals surface area contributed by atoms with Gasteiger partial charge in [-0.1, -0.05) is 48.5 Å². The number of ether oxygens (including phenoxy) is 1. The zero-order chi connectivity index (χ0) is 27.2. The summed E-state index contributed by atoms with van der Waals surface area (Å²) >= 11 is 0. The summed E-state index contributed by atoms with van der Waals surface area (Å²) in [4.78, 5) is 9.61. The number of fused-ring (bicyclic) bond motifs is 1. The van der Waals surface area contributed by atoms with E-state index in [2.05, 4.69) is 50.7 Å². The van der Waals surface area contributed by atoms with Gasteiger partial charge in [0.15, 0.2) is 0 Å². The van der Waals surface area contributed by atoms with Gasteiger partial charge in [-0.15, -0.1) is 0 Å². The summed E-state index contributed by atoms with van der Waals surface area (Å²) in [5.74, 6) is 0.620. The zero-order valence-electron chi connectivity index (χ0n) is 22.6. The predicted octanol–water partition coefficient (Wildman–Crippen LogP) is 4.61. The highest BCUT2D eigenvalue weighted by molar-refractivity contribution is 7.89. The standard InChI is InChI=1S/C31H36N4O3S/c1-24-20-27(30-10-6-7-11-31(30)33-24)23-38-28-12-14-29(15-13-28)39(36,37)32-21-25(2)35-18-16-34(17-19-35)22-26-8-4-3-5-9-26/h3-15,20,25,32H,16-19,21-23H2,1-2H3/t25-/m0/s1. The molecular formula is C31H36N4O3S. The number of hydrogen-bond acceptors (Lipinski definition) is 6. The molecule has 204 valence electrons. The molecule has 1 fully saturated rings. The average Bonchev–Trinajstić information content (AvgIpc) is 2.96. The van der Waals surface area contributed by atoms with Crippen LogP contribution < -0.4 is 9.46 Å². The van der Waals surface area contributed by atoms with Crippen LogP contribution >= 0.6 is 0 Å². The third-order valence-electron chi connectivity index (χ3n) is 7.31. The minimum absolute atomic E-state index is 0.111. The van der Waals surface area contributed by atoms with Crippen molar-refractivity contribution in [1.29, 1.82) is 0 Å². The van der Waals surface area contributed by atoms with Crippen LogP contribution in [0, 0.1) is 6.92 Å². The molecule has 0 saturated carbocycles. The minimum Gasteiger partial charge on any atom is -0.489 e. The summed E-state index contributed by atoms with van der Waals surface area (Å²) in [7, 11) is -3.61. The second-order valence-electron chi connectivity index (χ2n) is 10.2. The van der Waals surface area contributed by atoms with Gasteiger partial charge in [0.1, 0.15) is 12.4 Å². The molecule has 1 aliphatic rings. The number of para-hydroxylation sites is 1. The molecule has 0 bridgehead atoms. The molecule has 0 spiro atoms. The molecular weight excluding hydrogens is 508 g/mol. The fourth-order valence-corrected chi connectivity index (χ4v) is 6.16. The Morgan fingerprint density at radius 3 is 2.36 bits per heavy atom. The molecule has 4 aromatic rings. The molecule has 8 heteroatoms. The largest absolute Gasteiger partial charge is 0.489 e. The highest BCUT2D eigenvalue weighted by atomic mass is 32.2. The van der Waals surface area contributed by atoms with Gasteiger partial charge in [-0.05, 0) is 55.8 Å². The summed E-state index contributed by atoms with van der Waals surface area (Å²) in [6.45, 7) is 9.55. The lowest BCUT2D eigenvalue weighted by molar-refractivity contribution is 0.0992. The van der Waals surface area contributed by atoms with E-state index in [1.54, 1.807) is 24.3 Å². The van der Waals surface area contributed by atoms with Crippen LogP contribution in [0.25, 0.3) is 10.9 Å². The fourth-order valence-electron chi connectivity index (χ4n) is 5.04. The van der Waals surface area contributed by atoms with Gasteiger partial charge in [-0.25, -0.2) is 13.1 Å². The number of aromatic nitrogens is 1. The first-order valence-electron chi connectivity index (χ1n) is 13.5. The number of pyridine rings is 1. The van der Waals surface area contributed by atoms with Crippen molar-refractivity contribution >= 4 is 20.9 Å². The lowest BCUT2D eigenvalue weighted by Crippen LogP contribution is -2.52. The first-order chi connectivity index (χ1) is 18.9. The van der Waals surface area contributed by atoms with Gasteiger partial charge in [0, 0.05) is 62.0 Å². The monoisotopic (exact) mass is 544 g/mol. The van der Waals surface area contributed by atoms with Crippen LogP contribution in [0.4, 0.5) is 0 Å². The second kappa shape index (κ2) is 12.3. The van der Waals surface area contributed by atoms with Crippen molar-refractivity contribution in [2.45, 2.75) is 37.9 Å². The van der Waals surface area contributed by atoms with Gasteiger partial charge in [0.2, 0.25) is 10.0 Å². The zero-order valence-corrected chi connectivity index (χ0v) is 23.4. The van der Waals surface area contributed by atoms with E-state index in [0.717, 1.165) is 54.9 Å². The molecule has 1 aliphatic heterocycles. The van der Waals surface area contributed by atoms with E-state index in [4.69, 9.17) is 4.74 Å². The van der Waals surface area contributed by atoms with Crippen LogP contribution in [0.3, 0.4) is 0 Å². The molecule has 0 unspecified atom stereocenters. The third-order valence-corrected chi connectivity index (χ3v) is 8.75. The molecule has 0 radical (unpaired) electrons. The Hall–Kier alpha value is -3.30. The van der Waals surface area contributed by atoms with Crippen molar-refractivity contribution in [2.75, 3.05) is 32.7 Å². The van der Waals surface area contributed by atoms with Gasteiger partial charge in [0.05, 0.1) is 10.4 Å². The molecule has 7 nitrogen and oxygen atoms in total. The van der Waals surface area contributed by atoms with Gasteiger partial charge < -0.3 is 4.74 Å². The molecule has 2 heterocycles. The van der Waals surface area contributed by atoms with Crippen LogP contribution in [-0.4, -0.2) is 62.0 Å². The predicted molar refractivity (Wildman–Crippen MR) is 155 cm³/mol. The minimum atomic E-state index is -3.61. The van der Waals surface area contributed by atoms with Crippen molar-refractivity contribution in [2.24, 2.45) is 0 Å². The topological polar surface area (TPSA) is 74.8 Å². The molecule has 1 N–H and O–H groups in total. The Bertz CT molecular complexity index is 1490. The number of benzene rings is 3. The fraction of sp³-hybridized carbons (Fsp3) is 0.323. The first-order valence-corrected chi connectivity index (χ1v) is 14.9. The number of rotatable bonds is 10. The molecule has 0 aliphatic carbocycles. The lowest BCUT2D eigenvalue weighted by Gasteiger charge is -2.38. The average molecular weight is 545 g/mol. The maximum atomic E-state index is 13.0. The summed E-state index contributed by atoms with van der Waals surface area (Å²) in [6.07, 6.45) is 0. The normalized spacial score (nSPS) is 15.8.